The number of hydrogen-bond acceptors (Lipinski definition) is 3. The Balaban J connectivity index is 1.87. The topological polar surface area (TPSA) is 38.3 Å². The number of aryl methyl sites for hydroxylation is 1. The molecule has 2 aromatic rings. The highest BCUT2D eigenvalue weighted by Gasteiger charge is 2.08. The van der Waals surface area contributed by atoms with Gasteiger partial charge in [0.1, 0.15) is 5.75 Å². The van der Waals surface area contributed by atoms with E-state index in [2.05, 4.69) is 11.4 Å². The van der Waals surface area contributed by atoms with Crippen molar-refractivity contribution in [3.8, 4) is 5.75 Å². The number of rotatable bonds is 6. The van der Waals surface area contributed by atoms with Crippen LogP contribution < -0.4 is 10.1 Å². The molecule has 1 amide bonds. The number of anilines is 1. The molecule has 2 rings (SSSR count). The standard InChI is InChI=1S/C17H18ClNO2S/c1-12-7-8-16(21-2)13(9-12)10-22-11-17(20)19-15-6-4-3-5-14(15)18/h3-9H,10-11H2,1-2H3,(H,19,20). The molecule has 5 heteroatoms. The van der Waals surface area contributed by atoms with E-state index in [9.17, 15) is 4.79 Å². The van der Waals surface area contributed by atoms with Gasteiger partial charge >= 0.3 is 0 Å². The highest BCUT2D eigenvalue weighted by Crippen LogP contribution is 2.25. The molecule has 0 spiro atoms. The summed E-state index contributed by atoms with van der Waals surface area (Å²) in [6, 6.07) is 13.3. The molecular formula is C17H18ClNO2S. The number of para-hydroxylation sites is 1. The average Bonchev–Trinajstić information content (AvgIpc) is 2.50. The summed E-state index contributed by atoms with van der Waals surface area (Å²) in [5, 5.41) is 3.36. The molecule has 2 aromatic carbocycles. The van der Waals surface area contributed by atoms with E-state index in [-0.39, 0.29) is 5.91 Å². The van der Waals surface area contributed by atoms with E-state index in [1.807, 2.05) is 31.2 Å². The maximum atomic E-state index is 12.0. The Labute approximate surface area is 140 Å². The molecule has 116 valence electrons. The number of hydrogen-bond donors (Lipinski definition) is 1. The molecule has 0 aliphatic carbocycles. The molecular weight excluding hydrogens is 318 g/mol. The smallest absolute Gasteiger partial charge is 0.234 e. The van der Waals surface area contributed by atoms with Crippen LogP contribution in [0, 0.1) is 6.92 Å². The van der Waals surface area contributed by atoms with E-state index < -0.39 is 0 Å². The van der Waals surface area contributed by atoms with Crippen molar-refractivity contribution in [3.05, 3.63) is 58.6 Å². The van der Waals surface area contributed by atoms with E-state index in [0.29, 0.717) is 16.5 Å². The molecule has 0 aliphatic rings. The van der Waals surface area contributed by atoms with Gasteiger partial charge < -0.3 is 10.1 Å². The number of carbonyl (C=O) groups is 1. The maximum Gasteiger partial charge on any atom is 0.234 e. The summed E-state index contributed by atoms with van der Waals surface area (Å²) in [4.78, 5) is 12.0. The van der Waals surface area contributed by atoms with E-state index in [4.69, 9.17) is 16.3 Å². The van der Waals surface area contributed by atoms with Crippen LogP contribution in [0.15, 0.2) is 42.5 Å². The SMILES string of the molecule is COc1ccc(C)cc1CSCC(=O)Nc1ccccc1Cl. The second-order valence-corrected chi connectivity index (χ2v) is 6.23. The molecule has 0 heterocycles. The normalized spacial score (nSPS) is 10.3. The lowest BCUT2D eigenvalue weighted by atomic mass is 10.1. The quantitative estimate of drug-likeness (QED) is 0.843. The van der Waals surface area contributed by atoms with Crippen LogP contribution in [0.4, 0.5) is 5.69 Å². The summed E-state index contributed by atoms with van der Waals surface area (Å²) in [7, 11) is 1.66. The lowest BCUT2D eigenvalue weighted by Crippen LogP contribution is -2.14. The number of thioether (sulfide) groups is 1. The third-order valence-electron chi connectivity index (χ3n) is 3.07. The second kappa shape index (κ2) is 8.11. The van der Waals surface area contributed by atoms with Gasteiger partial charge in [-0.15, -0.1) is 11.8 Å². The summed E-state index contributed by atoms with van der Waals surface area (Å²) in [5.74, 6) is 1.87. The summed E-state index contributed by atoms with van der Waals surface area (Å²) in [5.41, 5.74) is 2.91. The first-order chi connectivity index (χ1) is 10.6. The van der Waals surface area contributed by atoms with Gasteiger partial charge in [-0.05, 0) is 25.1 Å². The molecule has 3 nitrogen and oxygen atoms in total. The molecule has 0 atom stereocenters. The predicted molar refractivity (Wildman–Crippen MR) is 94.0 cm³/mol. The Hall–Kier alpha value is -1.65. The minimum absolute atomic E-state index is 0.0651. The van der Waals surface area contributed by atoms with Crippen LogP contribution in [-0.4, -0.2) is 18.8 Å². The van der Waals surface area contributed by atoms with Crippen molar-refractivity contribution in [3.63, 3.8) is 0 Å². The zero-order valence-corrected chi connectivity index (χ0v) is 14.1. The summed E-state index contributed by atoms with van der Waals surface area (Å²) in [6.45, 7) is 2.04. The third kappa shape index (κ3) is 4.68. The Morgan fingerprint density at radius 1 is 1.27 bits per heavy atom. The molecule has 0 fully saturated rings. The molecule has 0 unspecified atom stereocenters. The van der Waals surface area contributed by atoms with Gasteiger partial charge in [0.25, 0.3) is 0 Å². The fourth-order valence-electron chi connectivity index (χ4n) is 2.02. The first-order valence-corrected chi connectivity index (χ1v) is 8.39. The number of carbonyl (C=O) groups excluding carboxylic acids is 1. The molecule has 0 radical (unpaired) electrons. The van der Waals surface area contributed by atoms with Gasteiger partial charge in [0.15, 0.2) is 0 Å². The molecule has 0 saturated carbocycles. The number of nitrogens with one attached hydrogen (secondary N) is 1. The number of benzene rings is 2. The first-order valence-electron chi connectivity index (χ1n) is 6.86. The molecule has 22 heavy (non-hydrogen) atoms. The van der Waals surface area contributed by atoms with Crippen molar-refractivity contribution in [2.24, 2.45) is 0 Å². The monoisotopic (exact) mass is 335 g/mol. The highest BCUT2D eigenvalue weighted by molar-refractivity contribution is 7.99. The van der Waals surface area contributed by atoms with E-state index in [1.54, 1.807) is 31.0 Å². The van der Waals surface area contributed by atoms with Gasteiger partial charge in [0, 0.05) is 11.3 Å². The van der Waals surface area contributed by atoms with E-state index >= 15 is 0 Å². The van der Waals surface area contributed by atoms with E-state index in [1.165, 1.54) is 5.56 Å². The van der Waals surface area contributed by atoms with Gasteiger partial charge in [0.05, 0.1) is 23.6 Å². The van der Waals surface area contributed by atoms with Gasteiger partial charge in [-0.1, -0.05) is 41.4 Å². The van der Waals surface area contributed by atoms with Crippen LogP contribution in [0.5, 0.6) is 5.75 Å². The average molecular weight is 336 g/mol. The van der Waals surface area contributed by atoms with Crippen molar-refractivity contribution in [2.45, 2.75) is 12.7 Å². The Bertz CT molecular complexity index is 661. The lowest BCUT2D eigenvalue weighted by molar-refractivity contribution is -0.113. The highest BCUT2D eigenvalue weighted by atomic mass is 35.5. The second-order valence-electron chi connectivity index (χ2n) is 4.84. The first kappa shape index (κ1) is 16.7. The van der Waals surface area contributed by atoms with Crippen molar-refractivity contribution in [1.82, 2.24) is 0 Å². The van der Waals surface area contributed by atoms with Crippen LogP contribution in [0.1, 0.15) is 11.1 Å². The minimum atomic E-state index is -0.0651. The molecule has 0 aliphatic heterocycles. The number of methoxy groups -OCH3 is 1. The van der Waals surface area contributed by atoms with Crippen LogP contribution in [0.2, 0.25) is 5.02 Å². The molecule has 0 saturated heterocycles. The Kier molecular flexibility index (Phi) is 6.16. The zero-order chi connectivity index (χ0) is 15.9. The maximum absolute atomic E-state index is 12.0. The van der Waals surface area contributed by atoms with Crippen LogP contribution in [-0.2, 0) is 10.5 Å². The third-order valence-corrected chi connectivity index (χ3v) is 4.39. The summed E-state index contributed by atoms with van der Waals surface area (Å²) >= 11 is 7.56. The minimum Gasteiger partial charge on any atom is -0.496 e. The van der Waals surface area contributed by atoms with Crippen molar-refractivity contribution in [1.29, 1.82) is 0 Å². The predicted octanol–water partition coefficient (Wildman–Crippen LogP) is 4.53. The number of halogens is 1. The summed E-state index contributed by atoms with van der Waals surface area (Å²) in [6.07, 6.45) is 0. The van der Waals surface area contributed by atoms with Gasteiger partial charge in [-0.25, -0.2) is 0 Å². The van der Waals surface area contributed by atoms with Crippen molar-refractivity contribution in [2.75, 3.05) is 18.2 Å². The van der Waals surface area contributed by atoms with Crippen LogP contribution in [0.3, 0.4) is 0 Å². The van der Waals surface area contributed by atoms with Crippen molar-refractivity contribution >= 4 is 35.0 Å². The Morgan fingerprint density at radius 3 is 2.77 bits per heavy atom. The van der Waals surface area contributed by atoms with Gasteiger partial charge in [-0.2, -0.15) is 0 Å². The fraction of sp³-hybridized carbons (Fsp3) is 0.235. The molecule has 0 aromatic heterocycles. The molecule has 0 bridgehead atoms. The van der Waals surface area contributed by atoms with Crippen LogP contribution >= 0.6 is 23.4 Å². The van der Waals surface area contributed by atoms with Gasteiger partial charge in [0.2, 0.25) is 5.91 Å². The zero-order valence-electron chi connectivity index (χ0n) is 12.6. The number of amides is 1. The Morgan fingerprint density at radius 2 is 2.05 bits per heavy atom. The summed E-state index contributed by atoms with van der Waals surface area (Å²) < 4.78 is 5.34. The van der Waals surface area contributed by atoms with Gasteiger partial charge in [-0.3, -0.25) is 4.79 Å². The lowest BCUT2D eigenvalue weighted by Gasteiger charge is -2.10. The largest absolute Gasteiger partial charge is 0.496 e. The van der Waals surface area contributed by atoms with Crippen LogP contribution in [0.25, 0.3) is 0 Å². The van der Waals surface area contributed by atoms with E-state index in [0.717, 1.165) is 17.1 Å². The number of ether oxygens (including phenoxy) is 1. The fourth-order valence-corrected chi connectivity index (χ4v) is 3.01. The molecule has 1 N–H and O–H groups in total. The van der Waals surface area contributed by atoms with Crippen molar-refractivity contribution < 1.29 is 9.53 Å².